The van der Waals surface area contributed by atoms with Crippen molar-refractivity contribution in [2.45, 2.75) is 37.9 Å². The molecule has 8 heteroatoms. The highest BCUT2D eigenvalue weighted by Crippen LogP contribution is 2.37. The Kier molecular flexibility index (Phi) is 3.47. The van der Waals surface area contributed by atoms with Gasteiger partial charge in [0.25, 0.3) is 0 Å². The summed E-state index contributed by atoms with van der Waals surface area (Å²) < 4.78 is 2.04. The SMILES string of the molecule is Cc1[nH]nc(NC(=O)CSc2nncn2C2CC2)c1C. The number of H-pyrrole nitrogens is 1. The number of hydrogen-bond donors (Lipinski definition) is 2. The summed E-state index contributed by atoms with van der Waals surface area (Å²) in [5.41, 5.74) is 1.92. The molecule has 0 radical (unpaired) electrons. The van der Waals surface area contributed by atoms with Gasteiger partial charge in [0.15, 0.2) is 11.0 Å². The van der Waals surface area contributed by atoms with Crippen LogP contribution in [0, 0.1) is 13.8 Å². The van der Waals surface area contributed by atoms with Crippen LogP contribution in [0.2, 0.25) is 0 Å². The third kappa shape index (κ3) is 2.69. The van der Waals surface area contributed by atoms with Crippen LogP contribution in [0.5, 0.6) is 0 Å². The summed E-state index contributed by atoms with van der Waals surface area (Å²) in [7, 11) is 0. The molecule has 3 rings (SSSR count). The summed E-state index contributed by atoms with van der Waals surface area (Å²) in [4.78, 5) is 11.9. The molecule has 1 aliphatic carbocycles. The van der Waals surface area contributed by atoms with Crippen molar-refractivity contribution < 1.29 is 4.79 Å². The fourth-order valence-electron chi connectivity index (χ4n) is 1.84. The number of hydrogen-bond acceptors (Lipinski definition) is 5. The van der Waals surface area contributed by atoms with Crippen LogP contribution >= 0.6 is 11.8 Å². The normalized spacial score (nSPS) is 14.5. The Morgan fingerprint density at radius 2 is 2.35 bits per heavy atom. The van der Waals surface area contributed by atoms with Crippen LogP contribution in [0.25, 0.3) is 0 Å². The van der Waals surface area contributed by atoms with E-state index in [0.717, 1.165) is 16.4 Å². The maximum Gasteiger partial charge on any atom is 0.236 e. The second kappa shape index (κ2) is 5.28. The van der Waals surface area contributed by atoms with E-state index >= 15 is 0 Å². The zero-order valence-corrected chi connectivity index (χ0v) is 12.2. The predicted molar refractivity (Wildman–Crippen MR) is 75.7 cm³/mol. The second-order valence-electron chi connectivity index (χ2n) is 4.91. The lowest BCUT2D eigenvalue weighted by Crippen LogP contribution is -2.15. The number of aromatic nitrogens is 5. The Bertz CT molecular complexity index is 630. The van der Waals surface area contributed by atoms with Gasteiger partial charge in [-0.15, -0.1) is 10.2 Å². The summed E-state index contributed by atoms with van der Waals surface area (Å²) in [6, 6.07) is 0.520. The van der Waals surface area contributed by atoms with Crippen molar-refractivity contribution in [3.8, 4) is 0 Å². The van der Waals surface area contributed by atoms with Gasteiger partial charge in [-0.3, -0.25) is 9.89 Å². The third-order valence-corrected chi connectivity index (χ3v) is 4.28. The Labute approximate surface area is 120 Å². The molecule has 0 spiro atoms. The highest BCUT2D eigenvalue weighted by Gasteiger charge is 2.26. The van der Waals surface area contributed by atoms with E-state index in [1.165, 1.54) is 24.6 Å². The molecule has 1 fully saturated rings. The zero-order chi connectivity index (χ0) is 14.1. The van der Waals surface area contributed by atoms with Gasteiger partial charge in [0.1, 0.15) is 6.33 Å². The number of nitrogens with one attached hydrogen (secondary N) is 2. The number of thioether (sulfide) groups is 1. The molecule has 7 nitrogen and oxygen atoms in total. The average molecular weight is 292 g/mol. The predicted octanol–water partition coefficient (Wildman–Crippen LogP) is 1.68. The number of rotatable bonds is 5. The van der Waals surface area contributed by atoms with E-state index in [1.807, 2.05) is 18.4 Å². The van der Waals surface area contributed by atoms with E-state index in [0.29, 0.717) is 17.6 Å². The third-order valence-electron chi connectivity index (χ3n) is 3.32. The molecular formula is C12H16N6OS. The Morgan fingerprint density at radius 1 is 1.55 bits per heavy atom. The molecule has 1 saturated carbocycles. The Balaban J connectivity index is 1.56. The van der Waals surface area contributed by atoms with E-state index in [9.17, 15) is 4.79 Å². The first-order valence-electron chi connectivity index (χ1n) is 6.49. The highest BCUT2D eigenvalue weighted by molar-refractivity contribution is 7.99. The number of amides is 1. The first kappa shape index (κ1) is 13.2. The van der Waals surface area contributed by atoms with Gasteiger partial charge in [0, 0.05) is 17.3 Å². The van der Waals surface area contributed by atoms with Crippen LogP contribution in [0.4, 0.5) is 5.82 Å². The summed E-state index contributed by atoms with van der Waals surface area (Å²) in [6.07, 6.45) is 4.08. The number of carbonyl (C=O) groups is 1. The molecule has 1 amide bonds. The molecule has 20 heavy (non-hydrogen) atoms. The Hall–Kier alpha value is -1.83. The molecule has 0 aromatic carbocycles. The summed E-state index contributed by atoms with van der Waals surface area (Å²) in [6.45, 7) is 3.84. The van der Waals surface area contributed by atoms with Crippen LogP contribution in [0.15, 0.2) is 11.5 Å². The van der Waals surface area contributed by atoms with Crippen LogP contribution < -0.4 is 5.32 Å². The second-order valence-corrected chi connectivity index (χ2v) is 5.85. The quantitative estimate of drug-likeness (QED) is 0.819. The molecule has 1 aliphatic rings. The van der Waals surface area contributed by atoms with Crippen molar-refractivity contribution in [2.75, 3.05) is 11.1 Å². The first-order valence-corrected chi connectivity index (χ1v) is 7.47. The van der Waals surface area contributed by atoms with E-state index in [2.05, 4.69) is 25.7 Å². The monoisotopic (exact) mass is 292 g/mol. The maximum atomic E-state index is 11.9. The lowest BCUT2D eigenvalue weighted by Gasteiger charge is -2.04. The number of anilines is 1. The molecule has 0 atom stereocenters. The van der Waals surface area contributed by atoms with Crippen molar-refractivity contribution in [1.82, 2.24) is 25.0 Å². The molecule has 2 aromatic rings. The molecular weight excluding hydrogens is 276 g/mol. The molecule has 2 aromatic heterocycles. The summed E-state index contributed by atoms with van der Waals surface area (Å²) in [5.74, 6) is 0.809. The topological polar surface area (TPSA) is 88.5 Å². The largest absolute Gasteiger partial charge is 0.308 e. The van der Waals surface area contributed by atoms with E-state index in [1.54, 1.807) is 6.33 Å². The average Bonchev–Trinajstić information content (AvgIpc) is 3.10. The lowest BCUT2D eigenvalue weighted by atomic mass is 10.3. The molecule has 0 unspecified atom stereocenters. The first-order chi connectivity index (χ1) is 9.65. The maximum absolute atomic E-state index is 11.9. The Morgan fingerprint density at radius 3 is 3.00 bits per heavy atom. The van der Waals surface area contributed by atoms with Gasteiger partial charge >= 0.3 is 0 Å². The minimum Gasteiger partial charge on any atom is -0.308 e. The molecule has 2 heterocycles. The van der Waals surface area contributed by atoms with Crippen LogP contribution in [0.3, 0.4) is 0 Å². The summed E-state index contributed by atoms with van der Waals surface area (Å²) >= 11 is 1.40. The van der Waals surface area contributed by atoms with Gasteiger partial charge in [0.05, 0.1) is 5.75 Å². The van der Waals surface area contributed by atoms with Gasteiger partial charge in [-0.2, -0.15) is 5.10 Å². The number of carbonyl (C=O) groups excluding carboxylic acids is 1. The number of aromatic amines is 1. The van der Waals surface area contributed by atoms with E-state index in [4.69, 9.17) is 0 Å². The van der Waals surface area contributed by atoms with Crippen molar-refractivity contribution >= 4 is 23.5 Å². The van der Waals surface area contributed by atoms with Crippen molar-refractivity contribution in [3.05, 3.63) is 17.6 Å². The fourth-order valence-corrected chi connectivity index (χ4v) is 2.63. The standard InChI is InChI=1S/C12H16N6OS/c1-7-8(2)15-16-11(7)14-10(19)5-20-12-17-13-6-18(12)9-3-4-9/h6,9H,3-5H2,1-2H3,(H2,14,15,16,19). The molecule has 2 N–H and O–H groups in total. The van der Waals surface area contributed by atoms with Crippen LogP contribution in [-0.4, -0.2) is 36.6 Å². The van der Waals surface area contributed by atoms with Gasteiger partial charge < -0.3 is 9.88 Å². The van der Waals surface area contributed by atoms with E-state index in [-0.39, 0.29) is 5.91 Å². The van der Waals surface area contributed by atoms with Gasteiger partial charge in [0.2, 0.25) is 5.91 Å². The minimum absolute atomic E-state index is 0.0880. The van der Waals surface area contributed by atoms with Crippen molar-refractivity contribution in [3.63, 3.8) is 0 Å². The highest BCUT2D eigenvalue weighted by atomic mass is 32.2. The van der Waals surface area contributed by atoms with Crippen LogP contribution in [0.1, 0.15) is 30.1 Å². The van der Waals surface area contributed by atoms with E-state index < -0.39 is 0 Å². The van der Waals surface area contributed by atoms with Gasteiger partial charge in [-0.05, 0) is 26.7 Å². The van der Waals surface area contributed by atoms with Gasteiger partial charge in [-0.1, -0.05) is 11.8 Å². The van der Waals surface area contributed by atoms with Crippen LogP contribution in [-0.2, 0) is 4.79 Å². The fraction of sp³-hybridized carbons (Fsp3) is 0.500. The molecule has 0 aliphatic heterocycles. The minimum atomic E-state index is -0.0880. The summed E-state index contributed by atoms with van der Waals surface area (Å²) in [5, 5.41) is 18.5. The molecule has 106 valence electrons. The zero-order valence-electron chi connectivity index (χ0n) is 11.4. The number of aryl methyl sites for hydroxylation is 1. The number of nitrogens with zero attached hydrogens (tertiary/aromatic N) is 4. The molecule has 0 bridgehead atoms. The van der Waals surface area contributed by atoms with Crippen molar-refractivity contribution in [1.29, 1.82) is 0 Å². The lowest BCUT2D eigenvalue weighted by molar-refractivity contribution is -0.113. The van der Waals surface area contributed by atoms with Crippen molar-refractivity contribution in [2.24, 2.45) is 0 Å². The molecule has 0 saturated heterocycles. The van der Waals surface area contributed by atoms with Gasteiger partial charge in [-0.25, -0.2) is 0 Å². The smallest absolute Gasteiger partial charge is 0.236 e.